The van der Waals surface area contributed by atoms with Crippen LogP contribution in [0.3, 0.4) is 0 Å². The molecule has 0 saturated carbocycles. The van der Waals surface area contributed by atoms with Gasteiger partial charge in [-0.2, -0.15) is 0 Å². The van der Waals surface area contributed by atoms with Crippen LogP contribution in [0.5, 0.6) is 0 Å². The first kappa shape index (κ1) is 16.4. The number of halogens is 1. The van der Waals surface area contributed by atoms with Crippen LogP contribution in [0, 0.1) is 5.82 Å². The van der Waals surface area contributed by atoms with Crippen molar-refractivity contribution in [1.82, 2.24) is 5.32 Å². The van der Waals surface area contributed by atoms with Crippen molar-refractivity contribution in [3.8, 4) is 0 Å². The molecule has 1 N–H and O–H groups in total. The minimum atomic E-state index is -0.472. The van der Waals surface area contributed by atoms with Gasteiger partial charge in [-0.3, -0.25) is 4.79 Å². The molecule has 118 valence electrons. The van der Waals surface area contributed by atoms with E-state index in [1.165, 1.54) is 17.7 Å². The zero-order valence-corrected chi connectivity index (χ0v) is 12.8. The summed E-state index contributed by atoms with van der Waals surface area (Å²) in [4.78, 5) is 12.0. The highest BCUT2D eigenvalue weighted by molar-refractivity contribution is 5.80. The zero-order chi connectivity index (χ0) is 15.9. The standard InChI is InChI=1S/C18H22FNO2/c1-3-12-22-13(2)18(21)20-17-10-6-15(7-11-17)14-4-8-16(19)9-5-14/h3-6,8-9,13,17H,1,7,10-12H2,2H3,(H,20,21)/t13-,17+/m0/s1. The van der Waals surface area contributed by atoms with Crippen LogP contribution in [-0.4, -0.2) is 24.7 Å². The van der Waals surface area contributed by atoms with Crippen molar-refractivity contribution in [1.29, 1.82) is 0 Å². The number of carbonyl (C=O) groups is 1. The van der Waals surface area contributed by atoms with E-state index >= 15 is 0 Å². The first-order chi connectivity index (χ1) is 10.6. The highest BCUT2D eigenvalue weighted by Crippen LogP contribution is 2.27. The van der Waals surface area contributed by atoms with Gasteiger partial charge in [0.15, 0.2) is 0 Å². The number of benzene rings is 1. The molecule has 1 aromatic carbocycles. The lowest BCUT2D eigenvalue weighted by Crippen LogP contribution is -2.41. The smallest absolute Gasteiger partial charge is 0.249 e. The number of ether oxygens (including phenoxy) is 1. The van der Waals surface area contributed by atoms with Gasteiger partial charge in [-0.25, -0.2) is 4.39 Å². The Morgan fingerprint density at radius 1 is 1.50 bits per heavy atom. The lowest BCUT2D eigenvalue weighted by atomic mass is 9.90. The summed E-state index contributed by atoms with van der Waals surface area (Å²) in [7, 11) is 0. The Kier molecular flexibility index (Phi) is 5.90. The monoisotopic (exact) mass is 303 g/mol. The van der Waals surface area contributed by atoms with Crippen LogP contribution in [0.2, 0.25) is 0 Å². The second-order valence-corrected chi connectivity index (χ2v) is 5.48. The molecule has 0 radical (unpaired) electrons. The SMILES string of the molecule is C=CCO[C@@H](C)C(=O)N[C@@H]1CC=C(c2ccc(F)cc2)CC1. The Hall–Kier alpha value is -1.94. The third-order valence-corrected chi connectivity index (χ3v) is 3.81. The topological polar surface area (TPSA) is 38.3 Å². The number of nitrogens with one attached hydrogen (secondary N) is 1. The quantitative estimate of drug-likeness (QED) is 0.817. The molecule has 2 rings (SSSR count). The molecule has 0 spiro atoms. The van der Waals surface area contributed by atoms with Gasteiger partial charge in [0.1, 0.15) is 11.9 Å². The molecule has 4 heteroatoms. The van der Waals surface area contributed by atoms with E-state index in [-0.39, 0.29) is 17.8 Å². The molecule has 1 aromatic rings. The van der Waals surface area contributed by atoms with E-state index in [2.05, 4.69) is 18.0 Å². The average Bonchev–Trinajstić information content (AvgIpc) is 2.54. The van der Waals surface area contributed by atoms with Gasteiger partial charge in [-0.1, -0.05) is 24.3 Å². The highest BCUT2D eigenvalue weighted by atomic mass is 19.1. The lowest BCUT2D eigenvalue weighted by Gasteiger charge is -2.24. The largest absolute Gasteiger partial charge is 0.365 e. The van der Waals surface area contributed by atoms with E-state index in [9.17, 15) is 9.18 Å². The Morgan fingerprint density at radius 2 is 2.23 bits per heavy atom. The molecule has 2 atom stereocenters. The number of allylic oxidation sites excluding steroid dienone is 1. The summed E-state index contributed by atoms with van der Waals surface area (Å²) in [5, 5.41) is 3.01. The average molecular weight is 303 g/mol. The number of hydrogen-bond acceptors (Lipinski definition) is 2. The van der Waals surface area contributed by atoms with Crippen molar-refractivity contribution in [2.45, 2.75) is 38.3 Å². The van der Waals surface area contributed by atoms with Gasteiger partial charge in [0, 0.05) is 6.04 Å². The number of rotatable bonds is 6. The minimum Gasteiger partial charge on any atom is -0.365 e. The molecule has 0 unspecified atom stereocenters. The van der Waals surface area contributed by atoms with Crippen molar-refractivity contribution < 1.29 is 13.9 Å². The molecular weight excluding hydrogens is 281 g/mol. The Morgan fingerprint density at radius 3 is 2.82 bits per heavy atom. The molecule has 0 heterocycles. The van der Waals surface area contributed by atoms with Gasteiger partial charge in [0.2, 0.25) is 5.91 Å². The van der Waals surface area contributed by atoms with E-state index in [0.717, 1.165) is 24.8 Å². The lowest BCUT2D eigenvalue weighted by molar-refractivity contribution is -0.131. The van der Waals surface area contributed by atoms with Gasteiger partial charge in [-0.15, -0.1) is 6.58 Å². The number of carbonyl (C=O) groups excluding carboxylic acids is 1. The van der Waals surface area contributed by atoms with Gasteiger partial charge in [-0.05, 0) is 49.5 Å². The molecule has 22 heavy (non-hydrogen) atoms. The molecule has 0 fully saturated rings. The van der Waals surface area contributed by atoms with Crippen LogP contribution >= 0.6 is 0 Å². The molecule has 0 saturated heterocycles. The summed E-state index contributed by atoms with van der Waals surface area (Å²) < 4.78 is 18.3. The van der Waals surface area contributed by atoms with Gasteiger partial charge >= 0.3 is 0 Å². The fourth-order valence-corrected chi connectivity index (χ4v) is 2.50. The summed E-state index contributed by atoms with van der Waals surface area (Å²) in [5.41, 5.74) is 2.26. The Bertz CT molecular complexity index is 551. The highest BCUT2D eigenvalue weighted by Gasteiger charge is 2.20. The van der Waals surface area contributed by atoms with Crippen molar-refractivity contribution in [3.63, 3.8) is 0 Å². The van der Waals surface area contributed by atoms with Crippen LogP contribution in [0.1, 0.15) is 31.7 Å². The van der Waals surface area contributed by atoms with E-state index in [0.29, 0.717) is 6.61 Å². The summed E-state index contributed by atoms with van der Waals surface area (Å²) in [6.07, 6.45) is 5.81. The van der Waals surface area contributed by atoms with E-state index < -0.39 is 6.10 Å². The van der Waals surface area contributed by atoms with Crippen molar-refractivity contribution >= 4 is 11.5 Å². The van der Waals surface area contributed by atoms with Crippen LogP contribution in [0.25, 0.3) is 5.57 Å². The molecule has 0 bridgehead atoms. The molecule has 0 aromatic heterocycles. The first-order valence-electron chi connectivity index (χ1n) is 7.58. The fourth-order valence-electron chi connectivity index (χ4n) is 2.50. The second-order valence-electron chi connectivity index (χ2n) is 5.48. The second kappa shape index (κ2) is 7.90. The molecule has 1 amide bonds. The Balaban J connectivity index is 1.87. The third-order valence-electron chi connectivity index (χ3n) is 3.81. The van der Waals surface area contributed by atoms with Crippen LogP contribution < -0.4 is 5.32 Å². The fraction of sp³-hybridized carbons (Fsp3) is 0.389. The number of hydrogen-bond donors (Lipinski definition) is 1. The van der Waals surface area contributed by atoms with Crippen LogP contribution in [0.4, 0.5) is 4.39 Å². The molecule has 0 aliphatic heterocycles. The van der Waals surface area contributed by atoms with Crippen molar-refractivity contribution in [3.05, 3.63) is 54.4 Å². The summed E-state index contributed by atoms with van der Waals surface area (Å²) >= 11 is 0. The summed E-state index contributed by atoms with van der Waals surface area (Å²) in [5.74, 6) is -0.315. The van der Waals surface area contributed by atoms with E-state index in [1.807, 2.05) is 0 Å². The molecule has 1 aliphatic carbocycles. The van der Waals surface area contributed by atoms with E-state index in [1.54, 1.807) is 25.1 Å². The molecule has 1 aliphatic rings. The molecular formula is C18H22FNO2. The summed E-state index contributed by atoms with van der Waals surface area (Å²) in [6.45, 7) is 5.67. The minimum absolute atomic E-state index is 0.0921. The predicted molar refractivity (Wildman–Crippen MR) is 85.8 cm³/mol. The van der Waals surface area contributed by atoms with Gasteiger partial charge in [0.05, 0.1) is 6.61 Å². The predicted octanol–water partition coefficient (Wildman–Crippen LogP) is 3.47. The molecule has 3 nitrogen and oxygen atoms in total. The van der Waals surface area contributed by atoms with Gasteiger partial charge < -0.3 is 10.1 Å². The maximum atomic E-state index is 12.9. The van der Waals surface area contributed by atoms with E-state index in [4.69, 9.17) is 4.74 Å². The zero-order valence-electron chi connectivity index (χ0n) is 12.8. The normalized spacial score (nSPS) is 19.2. The maximum Gasteiger partial charge on any atom is 0.249 e. The number of amides is 1. The maximum absolute atomic E-state index is 12.9. The van der Waals surface area contributed by atoms with Crippen LogP contribution in [-0.2, 0) is 9.53 Å². The van der Waals surface area contributed by atoms with Crippen molar-refractivity contribution in [2.24, 2.45) is 0 Å². The Labute approximate surface area is 130 Å². The van der Waals surface area contributed by atoms with Gasteiger partial charge in [0.25, 0.3) is 0 Å². The van der Waals surface area contributed by atoms with Crippen molar-refractivity contribution in [2.75, 3.05) is 6.61 Å². The van der Waals surface area contributed by atoms with Crippen LogP contribution in [0.15, 0.2) is 43.0 Å². The first-order valence-corrected chi connectivity index (χ1v) is 7.58. The summed E-state index contributed by atoms with van der Waals surface area (Å²) in [6, 6.07) is 6.67. The third kappa shape index (κ3) is 4.53.